The Balaban J connectivity index is 3.68. The Morgan fingerprint density at radius 3 is 2.69 bits per heavy atom. The molecule has 0 heterocycles. The molecule has 0 radical (unpaired) electrons. The fourth-order valence-electron chi connectivity index (χ4n) is 0.684. The van der Waals surface area contributed by atoms with Crippen LogP contribution in [0.2, 0.25) is 0 Å². The lowest BCUT2D eigenvalue weighted by atomic mass is 10.1. The van der Waals surface area contributed by atoms with E-state index in [9.17, 15) is 4.79 Å². The molecule has 0 bridgehead atoms. The van der Waals surface area contributed by atoms with E-state index in [1.807, 2.05) is 0 Å². The molecule has 3 nitrogen and oxygen atoms in total. The van der Waals surface area contributed by atoms with Gasteiger partial charge in [-0.2, -0.15) is 0 Å². The number of ether oxygens (including phenoxy) is 1. The number of carbonyl (C=O) groups excluding carboxylic acids is 1. The molecule has 13 heavy (non-hydrogen) atoms. The number of rotatable bonds is 5. The number of nitrogens with one attached hydrogen (secondary N) is 1. The maximum Gasteiger partial charge on any atom is 0.407 e. The number of hydrogen-bond acceptors (Lipinski definition) is 2. The lowest BCUT2D eigenvalue weighted by Gasteiger charge is -2.20. The van der Waals surface area contributed by atoms with Gasteiger partial charge in [0.1, 0.15) is 5.60 Å². The van der Waals surface area contributed by atoms with Crippen LogP contribution in [0, 0.1) is 0 Å². The van der Waals surface area contributed by atoms with Gasteiger partial charge >= 0.3 is 6.09 Å². The van der Waals surface area contributed by atoms with Crippen LogP contribution >= 0.6 is 0 Å². The molecule has 0 aliphatic heterocycles. The molecule has 0 aromatic heterocycles. The zero-order valence-corrected chi connectivity index (χ0v) is 8.72. The molecular weight excluding hydrogens is 166 g/mol. The zero-order chi connectivity index (χ0) is 10.3. The fraction of sp³-hybridized carbons (Fsp3) is 0.700. The molecule has 0 saturated carbocycles. The van der Waals surface area contributed by atoms with Crippen molar-refractivity contribution in [2.24, 2.45) is 0 Å². The SMILES string of the molecule is C=CC(C)(C)OC(=O)NCCCC. The van der Waals surface area contributed by atoms with Crippen molar-refractivity contribution in [2.75, 3.05) is 6.54 Å². The van der Waals surface area contributed by atoms with Gasteiger partial charge in [-0.3, -0.25) is 0 Å². The van der Waals surface area contributed by atoms with E-state index in [2.05, 4.69) is 18.8 Å². The highest BCUT2D eigenvalue weighted by Crippen LogP contribution is 2.09. The number of hydrogen-bond donors (Lipinski definition) is 1. The van der Waals surface area contributed by atoms with Crippen LogP contribution in [0.1, 0.15) is 33.6 Å². The first-order valence-electron chi connectivity index (χ1n) is 4.62. The van der Waals surface area contributed by atoms with E-state index < -0.39 is 5.60 Å². The van der Waals surface area contributed by atoms with Crippen molar-refractivity contribution < 1.29 is 9.53 Å². The third-order valence-corrected chi connectivity index (χ3v) is 1.65. The lowest BCUT2D eigenvalue weighted by molar-refractivity contribution is 0.0723. The molecule has 0 atom stereocenters. The monoisotopic (exact) mass is 185 g/mol. The van der Waals surface area contributed by atoms with Crippen LogP contribution in [0.5, 0.6) is 0 Å². The molecule has 0 spiro atoms. The van der Waals surface area contributed by atoms with E-state index in [4.69, 9.17) is 4.74 Å². The molecule has 0 fully saturated rings. The van der Waals surface area contributed by atoms with Gasteiger partial charge in [-0.1, -0.05) is 19.9 Å². The summed E-state index contributed by atoms with van der Waals surface area (Å²) in [7, 11) is 0. The molecule has 1 N–H and O–H groups in total. The quantitative estimate of drug-likeness (QED) is 0.528. The summed E-state index contributed by atoms with van der Waals surface area (Å²) in [5, 5.41) is 2.67. The number of alkyl carbamates (subject to hydrolysis) is 1. The zero-order valence-electron chi connectivity index (χ0n) is 8.72. The van der Waals surface area contributed by atoms with Crippen LogP contribution in [-0.4, -0.2) is 18.2 Å². The standard InChI is InChI=1S/C10H19NO2/c1-5-7-8-11-9(12)13-10(3,4)6-2/h6H,2,5,7-8H2,1,3-4H3,(H,11,12). The van der Waals surface area contributed by atoms with E-state index in [0.29, 0.717) is 6.54 Å². The van der Waals surface area contributed by atoms with E-state index in [0.717, 1.165) is 12.8 Å². The number of carbonyl (C=O) groups is 1. The molecule has 76 valence electrons. The molecular formula is C10H19NO2. The average Bonchev–Trinajstić information content (AvgIpc) is 2.04. The highest BCUT2D eigenvalue weighted by molar-refractivity contribution is 5.67. The summed E-state index contributed by atoms with van der Waals surface area (Å²) >= 11 is 0. The summed E-state index contributed by atoms with van der Waals surface area (Å²) in [4.78, 5) is 11.1. The summed E-state index contributed by atoms with van der Waals surface area (Å²) in [6.07, 6.45) is 3.26. The van der Waals surface area contributed by atoms with Gasteiger partial charge in [0.05, 0.1) is 0 Å². The average molecular weight is 185 g/mol. The Labute approximate surface area is 80.2 Å². The first-order valence-corrected chi connectivity index (χ1v) is 4.62. The predicted octanol–water partition coefficient (Wildman–Crippen LogP) is 2.48. The Morgan fingerprint density at radius 2 is 2.23 bits per heavy atom. The van der Waals surface area contributed by atoms with E-state index in [-0.39, 0.29) is 6.09 Å². The van der Waals surface area contributed by atoms with Gasteiger partial charge in [-0.15, -0.1) is 0 Å². The molecule has 0 aromatic rings. The van der Waals surface area contributed by atoms with Crippen LogP contribution in [-0.2, 0) is 4.74 Å². The largest absolute Gasteiger partial charge is 0.439 e. The van der Waals surface area contributed by atoms with Crippen molar-refractivity contribution >= 4 is 6.09 Å². The van der Waals surface area contributed by atoms with Gasteiger partial charge in [-0.25, -0.2) is 4.79 Å². The van der Waals surface area contributed by atoms with Gasteiger partial charge in [0.25, 0.3) is 0 Å². The van der Waals surface area contributed by atoms with Gasteiger partial charge in [0.15, 0.2) is 0 Å². The normalized spacial score (nSPS) is 10.7. The Hall–Kier alpha value is -0.990. The fourth-order valence-corrected chi connectivity index (χ4v) is 0.684. The summed E-state index contributed by atoms with van der Waals surface area (Å²) in [5.74, 6) is 0. The summed E-state index contributed by atoms with van der Waals surface area (Å²) in [5.41, 5.74) is -0.587. The smallest absolute Gasteiger partial charge is 0.407 e. The van der Waals surface area contributed by atoms with Gasteiger partial charge in [0, 0.05) is 6.54 Å². The van der Waals surface area contributed by atoms with Crippen LogP contribution in [0.4, 0.5) is 4.79 Å². The molecule has 0 saturated heterocycles. The van der Waals surface area contributed by atoms with E-state index in [1.54, 1.807) is 19.9 Å². The molecule has 0 rings (SSSR count). The van der Waals surface area contributed by atoms with E-state index >= 15 is 0 Å². The predicted molar refractivity (Wildman–Crippen MR) is 53.7 cm³/mol. The van der Waals surface area contributed by atoms with Crippen LogP contribution < -0.4 is 5.32 Å². The first kappa shape index (κ1) is 12.0. The summed E-state index contributed by atoms with van der Waals surface area (Å²) < 4.78 is 5.07. The van der Waals surface area contributed by atoms with Crippen molar-refractivity contribution in [1.29, 1.82) is 0 Å². The molecule has 1 amide bonds. The van der Waals surface area contributed by atoms with Crippen LogP contribution in [0.3, 0.4) is 0 Å². The second-order valence-electron chi connectivity index (χ2n) is 3.48. The summed E-state index contributed by atoms with van der Waals surface area (Å²) in [6.45, 7) is 9.90. The highest BCUT2D eigenvalue weighted by atomic mass is 16.6. The third-order valence-electron chi connectivity index (χ3n) is 1.65. The van der Waals surface area contributed by atoms with Gasteiger partial charge in [0.2, 0.25) is 0 Å². The van der Waals surface area contributed by atoms with Gasteiger partial charge < -0.3 is 10.1 Å². The Morgan fingerprint density at radius 1 is 1.62 bits per heavy atom. The van der Waals surface area contributed by atoms with Crippen molar-refractivity contribution in [3.05, 3.63) is 12.7 Å². The van der Waals surface area contributed by atoms with Crippen molar-refractivity contribution in [2.45, 2.75) is 39.2 Å². The molecule has 0 aliphatic rings. The lowest BCUT2D eigenvalue weighted by Crippen LogP contribution is -2.33. The number of unbranched alkanes of at least 4 members (excludes halogenated alkanes) is 1. The molecule has 0 aliphatic carbocycles. The Kier molecular flexibility index (Phi) is 5.19. The maximum atomic E-state index is 11.1. The van der Waals surface area contributed by atoms with Crippen LogP contribution in [0.25, 0.3) is 0 Å². The van der Waals surface area contributed by atoms with Crippen LogP contribution in [0.15, 0.2) is 12.7 Å². The van der Waals surface area contributed by atoms with Crippen molar-refractivity contribution in [3.63, 3.8) is 0 Å². The molecule has 0 aromatic carbocycles. The minimum atomic E-state index is -0.587. The second-order valence-corrected chi connectivity index (χ2v) is 3.48. The minimum Gasteiger partial charge on any atom is -0.439 e. The van der Waals surface area contributed by atoms with Crippen molar-refractivity contribution in [1.82, 2.24) is 5.32 Å². The number of amides is 1. The Bertz CT molecular complexity index is 176. The minimum absolute atomic E-state index is 0.377. The van der Waals surface area contributed by atoms with E-state index in [1.165, 1.54) is 0 Å². The molecule has 3 heteroatoms. The van der Waals surface area contributed by atoms with Crippen molar-refractivity contribution in [3.8, 4) is 0 Å². The molecule has 0 unspecified atom stereocenters. The maximum absolute atomic E-state index is 11.1. The second kappa shape index (κ2) is 5.62. The topological polar surface area (TPSA) is 38.3 Å². The first-order chi connectivity index (χ1) is 6.02. The van der Waals surface area contributed by atoms with Gasteiger partial charge in [-0.05, 0) is 26.3 Å². The summed E-state index contributed by atoms with van der Waals surface area (Å²) in [6, 6.07) is 0. The highest BCUT2D eigenvalue weighted by Gasteiger charge is 2.17. The third kappa shape index (κ3) is 6.20.